The molecule has 2 amide bonds. The van der Waals surface area contributed by atoms with Gasteiger partial charge in [-0.15, -0.1) is 0 Å². The molecule has 0 spiro atoms. The van der Waals surface area contributed by atoms with E-state index in [1.165, 1.54) is 0 Å². The molecule has 2 aromatic rings. The number of nitrogens with one attached hydrogen (secondary N) is 2. The number of hydrogen-bond donors (Lipinski definition) is 2. The summed E-state index contributed by atoms with van der Waals surface area (Å²) >= 11 is 0. The van der Waals surface area contributed by atoms with Crippen LogP contribution in [0.4, 0.5) is 10.5 Å². The maximum absolute atomic E-state index is 12.8. The quantitative estimate of drug-likeness (QED) is 0.811. The van der Waals surface area contributed by atoms with Crippen molar-refractivity contribution in [2.24, 2.45) is 0 Å². The molecule has 0 bridgehead atoms. The van der Waals surface area contributed by atoms with Gasteiger partial charge in [-0.3, -0.25) is 4.79 Å². The van der Waals surface area contributed by atoms with Gasteiger partial charge in [0.15, 0.2) is 0 Å². The number of anilines is 1. The summed E-state index contributed by atoms with van der Waals surface area (Å²) in [6, 6.07) is 15.7. The second-order valence-electron chi connectivity index (χ2n) is 7.11. The molecule has 144 valence electrons. The van der Waals surface area contributed by atoms with Gasteiger partial charge in [0.05, 0.1) is 7.11 Å². The molecule has 0 heterocycles. The van der Waals surface area contributed by atoms with Crippen molar-refractivity contribution in [2.45, 2.75) is 38.8 Å². The van der Waals surface area contributed by atoms with Crippen molar-refractivity contribution >= 4 is 17.7 Å². The monoisotopic (exact) mass is 370 g/mol. The van der Waals surface area contributed by atoms with E-state index in [0.717, 1.165) is 5.56 Å². The molecule has 27 heavy (non-hydrogen) atoms. The maximum Gasteiger partial charge on any atom is 0.408 e. The lowest BCUT2D eigenvalue weighted by Gasteiger charge is -2.23. The molecular weight excluding hydrogens is 344 g/mol. The number of amides is 2. The third-order valence-electron chi connectivity index (χ3n) is 3.65. The maximum atomic E-state index is 12.8. The zero-order valence-electron chi connectivity index (χ0n) is 16.1. The Kier molecular flexibility index (Phi) is 6.82. The molecule has 0 aromatic heterocycles. The number of ether oxygens (including phenoxy) is 2. The molecule has 6 nitrogen and oxygen atoms in total. The molecule has 2 rings (SSSR count). The predicted octanol–water partition coefficient (Wildman–Crippen LogP) is 3.77. The van der Waals surface area contributed by atoms with E-state index in [4.69, 9.17) is 9.47 Å². The molecule has 6 heteroatoms. The smallest absolute Gasteiger partial charge is 0.408 e. The average molecular weight is 370 g/mol. The Morgan fingerprint density at radius 2 is 1.63 bits per heavy atom. The number of carbonyl (C=O) groups is 2. The molecule has 0 radical (unpaired) electrons. The summed E-state index contributed by atoms with van der Waals surface area (Å²) in [6.45, 7) is 5.32. The summed E-state index contributed by atoms with van der Waals surface area (Å²) in [5, 5.41) is 5.48. The fraction of sp³-hybridized carbons (Fsp3) is 0.333. The van der Waals surface area contributed by atoms with Crippen LogP contribution in [-0.4, -0.2) is 30.8 Å². The fourth-order valence-electron chi connectivity index (χ4n) is 2.41. The SMILES string of the molecule is COc1ccc(NC(=O)[C@H](Cc2ccccc2)NC(=O)OC(C)(C)C)cc1. The van der Waals surface area contributed by atoms with Gasteiger partial charge in [-0.2, -0.15) is 0 Å². The minimum Gasteiger partial charge on any atom is -0.497 e. The summed E-state index contributed by atoms with van der Waals surface area (Å²) in [4.78, 5) is 24.9. The summed E-state index contributed by atoms with van der Waals surface area (Å²) in [5.74, 6) is 0.371. The summed E-state index contributed by atoms with van der Waals surface area (Å²) in [5.41, 5.74) is 0.904. The third-order valence-corrected chi connectivity index (χ3v) is 3.65. The first-order valence-electron chi connectivity index (χ1n) is 8.75. The molecule has 0 aliphatic carbocycles. The lowest BCUT2D eigenvalue weighted by Crippen LogP contribution is -2.47. The summed E-state index contributed by atoms with van der Waals surface area (Å²) < 4.78 is 10.4. The number of benzene rings is 2. The van der Waals surface area contributed by atoms with Crippen LogP contribution in [0.15, 0.2) is 54.6 Å². The van der Waals surface area contributed by atoms with Crippen LogP contribution in [0, 0.1) is 0 Å². The van der Waals surface area contributed by atoms with Crippen LogP contribution in [0.25, 0.3) is 0 Å². The standard InChI is InChI=1S/C21H26N2O4/c1-21(2,3)27-20(25)23-18(14-15-8-6-5-7-9-15)19(24)22-16-10-12-17(26-4)13-11-16/h5-13,18H,14H2,1-4H3,(H,22,24)(H,23,25)/t18-/m0/s1. The second kappa shape index (κ2) is 9.07. The Labute approximate surface area is 159 Å². The van der Waals surface area contributed by atoms with E-state index in [1.54, 1.807) is 52.1 Å². The van der Waals surface area contributed by atoms with Crippen LogP contribution >= 0.6 is 0 Å². The van der Waals surface area contributed by atoms with Crippen LogP contribution in [0.3, 0.4) is 0 Å². The van der Waals surface area contributed by atoms with Crippen molar-refractivity contribution < 1.29 is 19.1 Å². The van der Waals surface area contributed by atoms with E-state index in [9.17, 15) is 9.59 Å². The number of alkyl carbamates (subject to hydrolysis) is 1. The van der Waals surface area contributed by atoms with Crippen LogP contribution in [0.1, 0.15) is 26.3 Å². The fourth-order valence-corrected chi connectivity index (χ4v) is 2.41. The Morgan fingerprint density at radius 1 is 1.00 bits per heavy atom. The molecular formula is C21H26N2O4. The van der Waals surface area contributed by atoms with E-state index in [1.807, 2.05) is 30.3 Å². The minimum absolute atomic E-state index is 0.324. The van der Waals surface area contributed by atoms with Crippen molar-refractivity contribution in [1.29, 1.82) is 0 Å². The summed E-state index contributed by atoms with van der Waals surface area (Å²) in [7, 11) is 1.58. The lowest BCUT2D eigenvalue weighted by molar-refractivity contribution is -0.118. The minimum atomic E-state index is -0.774. The molecule has 2 N–H and O–H groups in total. The van der Waals surface area contributed by atoms with Crippen molar-refractivity contribution in [2.75, 3.05) is 12.4 Å². The number of methoxy groups -OCH3 is 1. The highest BCUT2D eigenvalue weighted by atomic mass is 16.6. The molecule has 0 saturated heterocycles. The van der Waals surface area contributed by atoms with Gasteiger partial charge in [0, 0.05) is 12.1 Å². The highest BCUT2D eigenvalue weighted by Gasteiger charge is 2.24. The lowest BCUT2D eigenvalue weighted by atomic mass is 10.1. The van der Waals surface area contributed by atoms with E-state index >= 15 is 0 Å². The van der Waals surface area contributed by atoms with Crippen LogP contribution in [-0.2, 0) is 16.0 Å². The Hall–Kier alpha value is -3.02. The van der Waals surface area contributed by atoms with Gasteiger partial charge in [-0.1, -0.05) is 30.3 Å². The summed E-state index contributed by atoms with van der Waals surface area (Å²) in [6.07, 6.45) is -0.282. The first kappa shape index (κ1) is 20.3. The Bertz CT molecular complexity index is 752. The van der Waals surface area contributed by atoms with E-state index in [0.29, 0.717) is 17.9 Å². The number of rotatable bonds is 6. The Morgan fingerprint density at radius 3 is 2.19 bits per heavy atom. The average Bonchev–Trinajstić information content (AvgIpc) is 2.61. The molecule has 2 aromatic carbocycles. The van der Waals surface area contributed by atoms with Crippen molar-refractivity contribution in [3.63, 3.8) is 0 Å². The van der Waals surface area contributed by atoms with Crippen molar-refractivity contribution in [3.8, 4) is 5.75 Å². The normalized spacial score (nSPS) is 12.0. The zero-order valence-corrected chi connectivity index (χ0v) is 16.1. The van der Waals surface area contributed by atoms with Gasteiger partial charge in [0.25, 0.3) is 0 Å². The first-order chi connectivity index (χ1) is 12.8. The van der Waals surface area contributed by atoms with E-state index in [-0.39, 0.29) is 5.91 Å². The number of hydrogen-bond acceptors (Lipinski definition) is 4. The van der Waals surface area contributed by atoms with E-state index < -0.39 is 17.7 Å². The third kappa shape index (κ3) is 7.01. The molecule has 0 unspecified atom stereocenters. The zero-order chi connectivity index (χ0) is 19.9. The molecule has 0 aliphatic rings. The second-order valence-corrected chi connectivity index (χ2v) is 7.11. The van der Waals surface area contributed by atoms with Crippen LogP contribution in [0.2, 0.25) is 0 Å². The highest BCUT2D eigenvalue weighted by Crippen LogP contribution is 2.16. The van der Waals surface area contributed by atoms with E-state index in [2.05, 4.69) is 10.6 Å². The van der Waals surface area contributed by atoms with Gasteiger partial charge in [0.1, 0.15) is 17.4 Å². The van der Waals surface area contributed by atoms with Gasteiger partial charge >= 0.3 is 6.09 Å². The molecule has 0 aliphatic heterocycles. The number of carbonyl (C=O) groups excluding carboxylic acids is 2. The van der Waals surface area contributed by atoms with Gasteiger partial charge in [-0.05, 0) is 50.6 Å². The van der Waals surface area contributed by atoms with Crippen molar-refractivity contribution in [1.82, 2.24) is 5.32 Å². The van der Waals surface area contributed by atoms with Crippen LogP contribution < -0.4 is 15.4 Å². The molecule has 1 atom stereocenters. The Balaban J connectivity index is 2.11. The molecule has 0 fully saturated rings. The topological polar surface area (TPSA) is 76.7 Å². The first-order valence-corrected chi connectivity index (χ1v) is 8.75. The predicted molar refractivity (Wildman–Crippen MR) is 105 cm³/mol. The van der Waals surface area contributed by atoms with Crippen LogP contribution in [0.5, 0.6) is 5.75 Å². The van der Waals surface area contributed by atoms with Crippen molar-refractivity contribution in [3.05, 3.63) is 60.2 Å². The van der Waals surface area contributed by atoms with Gasteiger partial charge in [-0.25, -0.2) is 4.79 Å². The molecule has 0 saturated carbocycles. The highest BCUT2D eigenvalue weighted by molar-refractivity contribution is 5.96. The van der Waals surface area contributed by atoms with Gasteiger partial charge < -0.3 is 20.1 Å². The van der Waals surface area contributed by atoms with Gasteiger partial charge in [0.2, 0.25) is 5.91 Å². The largest absolute Gasteiger partial charge is 0.497 e.